The van der Waals surface area contributed by atoms with Crippen LogP contribution < -0.4 is 5.32 Å². The van der Waals surface area contributed by atoms with Gasteiger partial charge in [-0.1, -0.05) is 12.2 Å². The lowest BCUT2D eigenvalue weighted by Gasteiger charge is -2.21. The van der Waals surface area contributed by atoms with Gasteiger partial charge < -0.3 is 14.8 Å². The van der Waals surface area contributed by atoms with Gasteiger partial charge in [-0.2, -0.15) is 5.10 Å². The molecule has 3 rings (SSSR count). The fourth-order valence-corrected chi connectivity index (χ4v) is 3.15. The van der Waals surface area contributed by atoms with Gasteiger partial charge in [0.1, 0.15) is 5.69 Å². The summed E-state index contributed by atoms with van der Waals surface area (Å²) in [6, 6.07) is 0. The van der Waals surface area contributed by atoms with Gasteiger partial charge in [-0.15, -0.1) is 0 Å². The predicted molar refractivity (Wildman–Crippen MR) is 92.2 cm³/mol. The van der Waals surface area contributed by atoms with Crippen molar-refractivity contribution < 1.29 is 19.1 Å². The van der Waals surface area contributed by atoms with Crippen LogP contribution in [0.5, 0.6) is 0 Å². The zero-order valence-corrected chi connectivity index (χ0v) is 14.6. The Balaban J connectivity index is 1.96. The molecule has 1 aromatic heterocycles. The van der Waals surface area contributed by atoms with Gasteiger partial charge in [-0.3, -0.25) is 4.79 Å². The van der Waals surface area contributed by atoms with Crippen LogP contribution in [0, 0.1) is 5.92 Å². The van der Waals surface area contributed by atoms with Crippen LogP contribution >= 0.6 is 0 Å². The van der Waals surface area contributed by atoms with Gasteiger partial charge in [-0.05, 0) is 32.8 Å². The molecule has 7 nitrogen and oxygen atoms in total. The van der Waals surface area contributed by atoms with E-state index in [2.05, 4.69) is 16.5 Å². The van der Waals surface area contributed by atoms with Gasteiger partial charge in [0.15, 0.2) is 5.69 Å². The highest BCUT2D eigenvalue weighted by atomic mass is 16.5. The van der Waals surface area contributed by atoms with Crippen molar-refractivity contribution in [3.63, 3.8) is 0 Å². The molecule has 134 valence electrons. The molecule has 0 aromatic carbocycles. The van der Waals surface area contributed by atoms with Crippen molar-refractivity contribution in [2.75, 3.05) is 26.4 Å². The lowest BCUT2D eigenvalue weighted by atomic mass is 9.98. The van der Waals surface area contributed by atoms with E-state index in [1.807, 2.05) is 19.1 Å². The van der Waals surface area contributed by atoms with Crippen molar-refractivity contribution in [1.82, 2.24) is 15.1 Å². The van der Waals surface area contributed by atoms with Gasteiger partial charge in [0.2, 0.25) is 0 Å². The minimum atomic E-state index is -0.481. The Hall–Kier alpha value is -2.41. The predicted octanol–water partition coefficient (Wildman–Crippen LogP) is 1.80. The van der Waals surface area contributed by atoms with Crippen molar-refractivity contribution in [1.29, 1.82) is 0 Å². The summed E-state index contributed by atoms with van der Waals surface area (Å²) in [6.45, 7) is 5.76. The number of amides is 1. The quantitative estimate of drug-likeness (QED) is 0.795. The number of hydrogen-bond acceptors (Lipinski definition) is 5. The first-order valence-corrected chi connectivity index (χ1v) is 8.68. The molecule has 0 saturated heterocycles. The Morgan fingerprint density at radius 1 is 1.40 bits per heavy atom. The van der Waals surface area contributed by atoms with Crippen molar-refractivity contribution >= 4 is 17.6 Å². The van der Waals surface area contributed by atoms with E-state index < -0.39 is 5.97 Å². The molecular formula is C18H23N3O4. The first-order valence-electron chi connectivity index (χ1n) is 8.68. The number of esters is 1. The number of ether oxygens (including phenoxy) is 2. The number of fused-ring (bicyclic) bond motifs is 1. The third-order valence-corrected chi connectivity index (χ3v) is 4.28. The number of carbonyl (C=O) groups excluding carboxylic acids is 2. The molecule has 0 saturated carbocycles. The first kappa shape index (κ1) is 17.4. The van der Waals surface area contributed by atoms with Crippen LogP contribution in [-0.2, 0) is 15.9 Å². The van der Waals surface area contributed by atoms with Crippen LogP contribution in [0.3, 0.4) is 0 Å². The molecule has 1 amide bonds. The Morgan fingerprint density at radius 3 is 3.00 bits per heavy atom. The third-order valence-electron chi connectivity index (χ3n) is 4.28. The summed E-state index contributed by atoms with van der Waals surface area (Å²) in [5.74, 6) is -0.469. The molecule has 2 aliphatic rings. The molecular weight excluding hydrogens is 322 g/mol. The molecule has 0 radical (unpaired) electrons. The second-order valence-corrected chi connectivity index (χ2v) is 5.98. The second kappa shape index (κ2) is 7.65. The SMILES string of the molecule is CCOCC1C=CC=C(n2nc(C(=O)OCC)c3c2C(=O)NCC3)C1. The van der Waals surface area contributed by atoms with Gasteiger partial charge in [0.05, 0.1) is 13.2 Å². The summed E-state index contributed by atoms with van der Waals surface area (Å²) in [6.07, 6.45) is 7.22. The Labute approximate surface area is 146 Å². The van der Waals surface area contributed by atoms with E-state index in [9.17, 15) is 9.59 Å². The van der Waals surface area contributed by atoms with Crippen LogP contribution in [-0.4, -0.2) is 48.0 Å². The average Bonchev–Trinajstić information content (AvgIpc) is 3.02. The molecule has 0 bridgehead atoms. The second-order valence-electron chi connectivity index (χ2n) is 5.98. The average molecular weight is 345 g/mol. The normalized spacial score (nSPS) is 19.2. The molecule has 1 aromatic rings. The highest BCUT2D eigenvalue weighted by Gasteiger charge is 2.32. The van der Waals surface area contributed by atoms with E-state index in [1.54, 1.807) is 11.6 Å². The molecule has 1 aliphatic carbocycles. The molecule has 1 unspecified atom stereocenters. The van der Waals surface area contributed by atoms with E-state index >= 15 is 0 Å². The maximum Gasteiger partial charge on any atom is 0.359 e. The number of nitrogens with one attached hydrogen (secondary N) is 1. The summed E-state index contributed by atoms with van der Waals surface area (Å²) in [7, 11) is 0. The summed E-state index contributed by atoms with van der Waals surface area (Å²) >= 11 is 0. The highest BCUT2D eigenvalue weighted by molar-refractivity contribution is 6.00. The van der Waals surface area contributed by atoms with Crippen molar-refractivity contribution in [3.8, 4) is 0 Å². The molecule has 1 N–H and O–H groups in total. The van der Waals surface area contributed by atoms with E-state index in [1.165, 1.54) is 0 Å². The number of carbonyl (C=O) groups is 2. The molecule has 7 heteroatoms. The van der Waals surface area contributed by atoms with Crippen molar-refractivity contribution in [2.45, 2.75) is 26.7 Å². The van der Waals surface area contributed by atoms with Crippen LogP contribution in [0.25, 0.3) is 5.70 Å². The largest absolute Gasteiger partial charge is 0.461 e. The number of aromatic nitrogens is 2. The molecule has 25 heavy (non-hydrogen) atoms. The Morgan fingerprint density at radius 2 is 2.24 bits per heavy atom. The number of nitrogens with zero attached hydrogens (tertiary/aromatic N) is 2. The zero-order valence-electron chi connectivity index (χ0n) is 14.6. The fraction of sp³-hybridized carbons (Fsp3) is 0.500. The van der Waals surface area contributed by atoms with Gasteiger partial charge in [-0.25, -0.2) is 9.48 Å². The first-order chi connectivity index (χ1) is 12.2. The van der Waals surface area contributed by atoms with Crippen LogP contribution in [0.1, 0.15) is 46.8 Å². The molecule has 1 atom stereocenters. The standard InChI is InChI=1S/C18H23N3O4/c1-3-24-11-12-6-5-7-13(10-12)21-16-14(8-9-19-17(16)22)15(20-21)18(23)25-4-2/h5-7,12H,3-4,8-11H2,1-2H3,(H,19,22). The van der Waals surface area contributed by atoms with Gasteiger partial charge in [0, 0.05) is 30.3 Å². The molecule has 0 fully saturated rings. The summed E-state index contributed by atoms with van der Waals surface area (Å²) in [5, 5.41) is 7.26. The maximum atomic E-state index is 12.4. The molecule has 2 heterocycles. The van der Waals surface area contributed by atoms with E-state index in [4.69, 9.17) is 9.47 Å². The summed E-state index contributed by atoms with van der Waals surface area (Å²) in [4.78, 5) is 24.6. The minimum absolute atomic E-state index is 0.207. The van der Waals surface area contributed by atoms with E-state index in [-0.39, 0.29) is 24.1 Å². The summed E-state index contributed by atoms with van der Waals surface area (Å²) in [5.41, 5.74) is 2.21. The number of rotatable bonds is 6. The summed E-state index contributed by atoms with van der Waals surface area (Å²) < 4.78 is 12.2. The van der Waals surface area contributed by atoms with Crippen LogP contribution in [0.15, 0.2) is 18.2 Å². The smallest absolute Gasteiger partial charge is 0.359 e. The fourth-order valence-electron chi connectivity index (χ4n) is 3.15. The van der Waals surface area contributed by atoms with Crippen molar-refractivity contribution in [3.05, 3.63) is 35.2 Å². The molecule has 0 spiro atoms. The van der Waals surface area contributed by atoms with Crippen molar-refractivity contribution in [2.24, 2.45) is 5.92 Å². The van der Waals surface area contributed by atoms with E-state index in [0.717, 1.165) is 5.70 Å². The van der Waals surface area contributed by atoms with E-state index in [0.29, 0.717) is 43.9 Å². The topological polar surface area (TPSA) is 82.5 Å². The van der Waals surface area contributed by atoms with Crippen LogP contribution in [0.4, 0.5) is 0 Å². The Kier molecular flexibility index (Phi) is 5.33. The van der Waals surface area contributed by atoms with Gasteiger partial charge >= 0.3 is 5.97 Å². The number of hydrogen-bond donors (Lipinski definition) is 1. The number of allylic oxidation sites excluding steroid dienone is 3. The zero-order chi connectivity index (χ0) is 17.8. The van der Waals surface area contributed by atoms with Gasteiger partial charge in [0.25, 0.3) is 5.91 Å². The lowest BCUT2D eigenvalue weighted by molar-refractivity contribution is 0.0517. The Bertz CT molecular complexity index is 733. The highest BCUT2D eigenvalue weighted by Crippen LogP contribution is 2.28. The maximum absolute atomic E-state index is 12.4. The lowest BCUT2D eigenvalue weighted by Crippen LogP contribution is -2.34. The minimum Gasteiger partial charge on any atom is -0.461 e. The van der Waals surface area contributed by atoms with Crippen LogP contribution in [0.2, 0.25) is 0 Å². The monoisotopic (exact) mass is 345 g/mol. The third kappa shape index (κ3) is 3.51. The molecule has 1 aliphatic heterocycles.